The molecular formula is C6H6N3. The summed E-state index contributed by atoms with van der Waals surface area (Å²) in [5.41, 5.74) is 0.542. The average molecular weight is 120 g/mol. The lowest BCUT2D eigenvalue weighted by atomic mass is 10.5. The third kappa shape index (κ3) is 0.789. The molecule has 3 heteroatoms. The van der Waals surface area contributed by atoms with Gasteiger partial charge in [-0.3, -0.25) is 0 Å². The molecule has 0 N–H and O–H groups in total. The van der Waals surface area contributed by atoms with Crippen LogP contribution in [0.4, 0.5) is 0 Å². The Hall–Kier alpha value is -1.30. The third-order valence-corrected chi connectivity index (χ3v) is 1.20. The molecule has 1 aromatic heterocycles. The molecule has 0 unspecified atom stereocenters. The highest BCUT2D eigenvalue weighted by Crippen LogP contribution is 1.97. The zero-order chi connectivity index (χ0) is 6.85. The van der Waals surface area contributed by atoms with E-state index < -0.39 is 0 Å². The van der Waals surface area contributed by atoms with Crippen LogP contribution in [0.25, 0.3) is 0 Å². The molecule has 0 aliphatic rings. The third-order valence-electron chi connectivity index (χ3n) is 1.20. The fourth-order valence-electron chi connectivity index (χ4n) is 0.552. The minimum Gasteiger partial charge on any atom is -0.323 e. The molecule has 0 amide bonds. The van der Waals surface area contributed by atoms with Gasteiger partial charge in [-0.15, -0.1) is 0 Å². The van der Waals surface area contributed by atoms with Crippen molar-refractivity contribution >= 4 is 0 Å². The summed E-state index contributed by atoms with van der Waals surface area (Å²) in [6.07, 6.45) is 1.50. The molecule has 45 valence electrons. The molecule has 0 aromatic carbocycles. The van der Waals surface area contributed by atoms with Crippen LogP contribution in [0.5, 0.6) is 0 Å². The molecule has 0 aliphatic carbocycles. The number of imidazole rings is 1. The van der Waals surface area contributed by atoms with Crippen LogP contribution in [0.3, 0.4) is 0 Å². The Morgan fingerprint density at radius 1 is 1.89 bits per heavy atom. The van der Waals surface area contributed by atoms with E-state index in [9.17, 15) is 0 Å². The molecule has 1 aromatic rings. The maximum Gasteiger partial charge on any atom is 0.139 e. The van der Waals surface area contributed by atoms with Gasteiger partial charge in [0.05, 0.1) is 6.20 Å². The molecule has 0 aliphatic heterocycles. The molecule has 0 bridgehead atoms. The van der Waals surface area contributed by atoms with Crippen LogP contribution < -0.4 is 0 Å². The summed E-state index contributed by atoms with van der Waals surface area (Å²) >= 11 is 0. The van der Waals surface area contributed by atoms with Crippen LogP contribution in [0.15, 0.2) is 6.20 Å². The normalized spacial score (nSPS) is 9.00. The average Bonchev–Trinajstić information content (AvgIpc) is 2.15. The molecule has 0 spiro atoms. The molecule has 1 rings (SSSR count). The van der Waals surface area contributed by atoms with Gasteiger partial charge < -0.3 is 4.57 Å². The van der Waals surface area contributed by atoms with E-state index in [1.807, 2.05) is 6.07 Å². The van der Waals surface area contributed by atoms with E-state index >= 15 is 0 Å². The molecule has 1 radical (unpaired) electrons. The fraction of sp³-hybridized carbons (Fsp3) is 0.167. The van der Waals surface area contributed by atoms with Gasteiger partial charge in [0.25, 0.3) is 0 Å². The highest BCUT2D eigenvalue weighted by molar-refractivity contribution is 5.20. The van der Waals surface area contributed by atoms with Gasteiger partial charge in [0.1, 0.15) is 17.6 Å². The molecule has 3 nitrogen and oxygen atoms in total. The smallest absolute Gasteiger partial charge is 0.139 e. The van der Waals surface area contributed by atoms with Crippen LogP contribution in [-0.2, 0) is 7.05 Å². The van der Waals surface area contributed by atoms with Crippen molar-refractivity contribution in [1.29, 1.82) is 5.26 Å². The molecule has 9 heavy (non-hydrogen) atoms. The molecule has 0 saturated heterocycles. The van der Waals surface area contributed by atoms with Crippen LogP contribution in [-0.4, -0.2) is 9.55 Å². The lowest BCUT2D eigenvalue weighted by Crippen LogP contribution is -1.93. The first-order chi connectivity index (χ1) is 4.25. The summed E-state index contributed by atoms with van der Waals surface area (Å²) in [5, 5.41) is 8.39. The van der Waals surface area contributed by atoms with Crippen LogP contribution >= 0.6 is 0 Å². The molecule has 0 fully saturated rings. The summed E-state index contributed by atoms with van der Waals surface area (Å²) < 4.78 is 1.64. The van der Waals surface area contributed by atoms with Gasteiger partial charge in [0, 0.05) is 14.0 Å². The highest BCUT2D eigenvalue weighted by atomic mass is 15.0. The number of aromatic nitrogens is 2. The van der Waals surface area contributed by atoms with Gasteiger partial charge in [0.15, 0.2) is 0 Å². The molecule has 0 saturated carbocycles. The number of nitrogens with zero attached hydrogens (tertiary/aromatic N) is 3. The Bertz CT molecular complexity index is 254. The number of hydrogen-bond acceptors (Lipinski definition) is 2. The standard InChI is InChI=1S/C6H6N3/c1-5-8-4-6(3-7)9(5)2/h4H,1H2,2H3. The predicted octanol–water partition coefficient (Wildman–Crippen LogP) is 0.474. The Morgan fingerprint density at radius 3 is 2.78 bits per heavy atom. The van der Waals surface area contributed by atoms with E-state index in [1.54, 1.807) is 11.6 Å². The van der Waals surface area contributed by atoms with E-state index in [0.717, 1.165) is 0 Å². The maximum absolute atomic E-state index is 8.39. The van der Waals surface area contributed by atoms with Gasteiger partial charge in [-0.25, -0.2) is 4.98 Å². The minimum atomic E-state index is 0.542. The Kier molecular flexibility index (Phi) is 1.23. The Balaban J connectivity index is 3.24. The van der Waals surface area contributed by atoms with E-state index in [2.05, 4.69) is 11.9 Å². The zero-order valence-electron chi connectivity index (χ0n) is 5.13. The van der Waals surface area contributed by atoms with Crippen molar-refractivity contribution in [1.82, 2.24) is 9.55 Å². The lowest BCUT2D eigenvalue weighted by Gasteiger charge is -1.91. The van der Waals surface area contributed by atoms with Crippen molar-refractivity contribution in [2.45, 2.75) is 0 Å². The van der Waals surface area contributed by atoms with Gasteiger partial charge in [-0.2, -0.15) is 5.26 Å². The first-order valence-electron chi connectivity index (χ1n) is 2.49. The highest BCUT2D eigenvalue weighted by Gasteiger charge is 1.97. The van der Waals surface area contributed by atoms with E-state index in [1.165, 1.54) is 6.20 Å². The van der Waals surface area contributed by atoms with Crippen LogP contribution in [0.1, 0.15) is 11.5 Å². The first-order valence-corrected chi connectivity index (χ1v) is 2.49. The zero-order valence-corrected chi connectivity index (χ0v) is 5.13. The van der Waals surface area contributed by atoms with Crippen molar-refractivity contribution in [3.05, 3.63) is 24.6 Å². The van der Waals surface area contributed by atoms with Crippen molar-refractivity contribution < 1.29 is 0 Å². The first kappa shape index (κ1) is 5.83. The topological polar surface area (TPSA) is 41.6 Å². The Morgan fingerprint density at radius 2 is 2.56 bits per heavy atom. The summed E-state index contributed by atoms with van der Waals surface area (Å²) in [6.45, 7) is 3.59. The molecular weight excluding hydrogens is 114 g/mol. The van der Waals surface area contributed by atoms with Gasteiger partial charge in [-0.05, 0) is 0 Å². The summed E-state index contributed by atoms with van der Waals surface area (Å²) in [4.78, 5) is 3.82. The minimum absolute atomic E-state index is 0.542. The quantitative estimate of drug-likeness (QED) is 0.499. The fourth-order valence-corrected chi connectivity index (χ4v) is 0.552. The molecule has 1 heterocycles. The van der Waals surface area contributed by atoms with E-state index in [4.69, 9.17) is 5.26 Å². The summed E-state index contributed by atoms with van der Waals surface area (Å²) in [6, 6.07) is 1.98. The second kappa shape index (κ2) is 1.90. The van der Waals surface area contributed by atoms with Gasteiger partial charge in [-0.1, -0.05) is 0 Å². The van der Waals surface area contributed by atoms with Gasteiger partial charge in [0.2, 0.25) is 0 Å². The monoisotopic (exact) mass is 120 g/mol. The molecule has 0 atom stereocenters. The number of nitriles is 1. The number of hydrogen-bond donors (Lipinski definition) is 0. The summed E-state index contributed by atoms with van der Waals surface area (Å²) in [5.74, 6) is 0.617. The SMILES string of the molecule is [CH2]c1ncc(C#N)n1C. The largest absolute Gasteiger partial charge is 0.323 e. The van der Waals surface area contributed by atoms with Crippen molar-refractivity contribution in [2.75, 3.05) is 0 Å². The van der Waals surface area contributed by atoms with Crippen molar-refractivity contribution in [2.24, 2.45) is 7.05 Å². The second-order valence-electron chi connectivity index (χ2n) is 1.73. The van der Waals surface area contributed by atoms with Crippen LogP contribution in [0, 0.1) is 18.3 Å². The van der Waals surface area contributed by atoms with Gasteiger partial charge >= 0.3 is 0 Å². The summed E-state index contributed by atoms with van der Waals surface area (Å²) in [7, 11) is 1.76. The van der Waals surface area contributed by atoms with Crippen LogP contribution in [0.2, 0.25) is 0 Å². The van der Waals surface area contributed by atoms with Crippen molar-refractivity contribution in [3.63, 3.8) is 0 Å². The number of rotatable bonds is 0. The van der Waals surface area contributed by atoms with Crippen molar-refractivity contribution in [3.8, 4) is 6.07 Å². The predicted molar refractivity (Wildman–Crippen MR) is 32.4 cm³/mol. The van der Waals surface area contributed by atoms with E-state index in [0.29, 0.717) is 11.5 Å². The van der Waals surface area contributed by atoms with E-state index in [-0.39, 0.29) is 0 Å². The maximum atomic E-state index is 8.39. The second-order valence-corrected chi connectivity index (χ2v) is 1.73. The lowest BCUT2D eigenvalue weighted by molar-refractivity contribution is 0.870. The Labute approximate surface area is 53.6 Å².